The first kappa shape index (κ1) is 20.4. The summed E-state index contributed by atoms with van der Waals surface area (Å²) < 4.78 is 2.43. The fraction of sp³-hybridized carbons (Fsp3) is 0.321. The quantitative estimate of drug-likeness (QED) is 0.295. The minimum atomic E-state index is 0.0868. The van der Waals surface area contributed by atoms with Crippen molar-refractivity contribution in [2.24, 2.45) is 0 Å². The van der Waals surface area contributed by atoms with Crippen LogP contribution in [0.5, 0.6) is 0 Å². The molecule has 0 radical (unpaired) electrons. The normalized spacial score (nSPS) is 14.7. The molecular formula is C28H31NO. The van der Waals surface area contributed by atoms with Crippen molar-refractivity contribution in [1.29, 1.82) is 0 Å². The van der Waals surface area contributed by atoms with Crippen LogP contribution >= 0.6 is 0 Å². The molecule has 0 N–H and O–H groups in total. The first-order valence-electron chi connectivity index (χ1n) is 11.2. The maximum absolute atomic E-state index is 12.4. The lowest BCUT2D eigenvalue weighted by Crippen LogP contribution is -2.07. The van der Waals surface area contributed by atoms with Crippen molar-refractivity contribution in [2.75, 3.05) is 0 Å². The van der Waals surface area contributed by atoms with Gasteiger partial charge in [-0.1, -0.05) is 80.5 Å². The average Bonchev–Trinajstić information content (AvgIpc) is 3.12. The molecule has 1 saturated carbocycles. The van der Waals surface area contributed by atoms with Crippen LogP contribution in [-0.2, 0) is 6.54 Å². The largest absolute Gasteiger partial charge is 0.339 e. The SMILES string of the molecule is C=CCCn1c(-c2ccccc2)c(C2CCCCC2)c2ccc(C(C)=O)c(C=C)c21. The monoisotopic (exact) mass is 397 g/mol. The van der Waals surface area contributed by atoms with E-state index in [0.29, 0.717) is 5.92 Å². The Bertz CT molecular complexity index is 1080. The molecule has 2 aromatic carbocycles. The highest BCUT2D eigenvalue weighted by atomic mass is 16.1. The molecule has 2 nitrogen and oxygen atoms in total. The summed E-state index contributed by atoms with van der Waals surface area (Å²) in [5, 5.41) is 1.28. The molecule has 1 fully saturated rings. The second kappa shape index (κ2) is 8.87. The van der Waals surface area contributed by atoms with E-state index >= 15 is 0 Å². The van der Waals surface area contributed by atoms with Gasteiger partial charge in [-0.25, -0.2) is 0 Å². The van der Waals surface area contributed by atoms with Crippen LogP contribution in [-0.4, -0.2) is 10.4 Å². The molecule has 0 bridgehead atoms. The van der Waals surface area contributed by atoms with Gasteiger partial charge >= 0.3 is 0 Å². The summed E-state index contributed by atoms with van der Waals surface area (Å²) in [7, 11) is 0. The second-order valence-corrected chi connectivity index (χ2v) is 8.38. The summed E-state index contributed by atoms with van der Waals surface area (Å²) in [6.45, 7) is 10.5. The van der Waals surface area contributed by atoms with Gasteiger partial charge < -0.3 is 4.57 Å². The number of benzene rings is 2. The van der Waals surface area contributed by atoms with Gasteiger partial charge in [-0.05, 0) is 43.2 Å². The van der Waals surface area contributed by atoms with E-state index in [4.69, 9.17) is 0 Å². The van der Waals surface area contributed by atoms with Crippen molar-refractivity contribution >= 4 is 22.8 Å². The maximum Gasteiger partial charge on any atom is 0.160 e. The molecule has 4 rings (SSSR count). The van der Waals surface area contributed by atoms with Crippen molar-refractivity contribution in [3.8, 4) is 11.3 Å². The molecular weight excluding hydrogens is 366 g/mol. The van der Waals surface area contributed by atoms with E-state index in [9.17, 15) is 4.79 Å². The number of Topliss-reactive ketones (excluding diaryl/α,β-unsaturated/α-hetero) is 1. The van der Waals surface area contributed by atoms with Crippen LogP contribution in [0.2, 0.25) is 0 Å². The van der Waals surface area contributed by atoms with Crippen LogP contribution in [0.1, 0.15) is 72.9 Å². The summed E-state index contributed by atoms with van der Waals surface area (Å²) in [5.74, 6) is 0.644. The lowest BCUT2D eigenvalue weighted by molar-refractivity contribution is 0.101. The molecule has 3 aromatic rings. The number of aromatic nitrogens is 1. The van der Waals surface area contributed by atoms with E-state index < -0.39 is 0 Å². The summed E-state index contributed by atoms with van der Waals surface area (Å²) >= 11 is 0. The fourth-order valence-corrected chi connectivity index (χ4v) is 5.17. The number of fused-ring (bicyclic) bond motifs is 1. The van der Waals surface area contributed by atoms with E-state index in [1.165, 1.54) is 54.3 Å². The van der Waals surface area contributed by atoms with Crippen molar-refractivity contribution in [3.05, 3.63) is 78.4 Å². The number of hydrogen-bond acceptors (Lipinski definition) is 1. The Morgan fingerprint density at radius 3 is 2.43 bits per heavy atom. The van der Waals surface area contributed by atoms with Crippen LogP contribution in [0.25, 0.3) is 28.2 Å². The average molecular weight is 398 g/mol. The van der Waals surface area contributed by atoms with Crippen LogP contribution in [0.15, 0.2) is 61.7 Å². The molecule has 0 unspecified atom stereocenters. The topological polar surface area (TPSA) is 22.0 Å². The number of ketones is 1. The summed E-state index contributed by atoms with van der Waals surface area (Å²) in [4.78, 5) is 12.4. The number of allylic oxidation sites excluding steroid dienone is 1. The summed E-state index contributed by atoms with van der Waals surface area (Å²) in [5.41, 5.74) is 6.88. The van der Waals surface area contributed by atoms with Gasteiger partial charge in [0.2, 0.25) is 0 Å². The van der Waals surface area contributed by atoms with Crippen molar-refractivity contribution in [1.82, 2.24) is 4.57 Å². The maximum atomic E-state index is 12.4. The predicted molar refractivity (Wildman–Crippen MR) is 128 cm³/mol. The Morgan fingerprint density at radius 2 is 1.80 bits per heavy atom. The Balaban J connectivity index is 2.12. The zero-order valence-electron chi connectivity index (χ0n) is 18.0. The zero-order chi connectivity index (χ0) is 21.1. The van der Waals surface area contributed by atoms with Crippen LogP contribution in [0, 0.1) is 0 Å². The Kier molecular flexibility index (Phi) is 6.03. The molecule has 1 aromatic heterocycles. The summed E-state index contributed by atoms with van der Waals surface area (Å²) in [6.07, 6.45) is 11.1. The molecule has 1 aliphatic rings. The number of rotatable bonds is 7. The molecule has 30 heavy (non-hydrogen) atoms. The number of nitrogens with zero attached hydrogens (tertiary/aromatic N) is 1. The Labute approximate surface area is 179 Å². The first-order chi connectivity index (χ1) is 14.7. The van der Waals surface area contributed by atoms with Gasteiger partial charge in [0, 0.05) is 23.1 Å². The van der Waals surface area contributed by atoms with E-state index in [2.05, 4.69) is 54.1 Å². The van der Waals surface area contributed by atoms with Crippen molar-refractivity contribution < 1.29 is 4.79 Å². The van der Waals surface area contributed by atoms with Gasteiger partial charge in [-0.2, -0.15) is 0 Å². The third-order valence-corrected chi connectivity index (χ3v) is 6.50. The summed E-state index contributed by atoms with van der Waals surface area (Å²) in [6, 6.07) is 14.9. The molecule has 0 atom stereocenters. The van der Waals surface area contributed by atoms with Crippen LogP contribution in [0.3, 0.4) is 0 Å². The van der Waals surface area contributed by atoms with Gasteiger partial charge in [0.15, 0.2) is 5.78 Å². The number of aryl methyl sites for hydroxylation is 1. The molecule has 0 spiro atoms. The molecule has 2 heteroatoms. The van der Waals surface area contributed by atoms with Crippen molar-refractivity contribution in [2.45, 2.75) is 57.9 Å². The zero-order valence-corrected chi connectivity index (χ0v) is 18.0. The molecule has 0 saturated heterocycles. The predicted octanol–water partition coefficient (Wildman–Crippen LogP) is 7.78. The smallest absolute Gasteiger partial charge is 0.160 e. The van der Waals surface area contributed by atoms with E-state index in [0.717, 1.165) is 29.6 Å². The lowest BCUT2D eigenvalue weighted by atomic mass is 9.81. The molecule has 0 amide bonds. The third-order valence-electron chi connectivity index (χ3n) is 6.50. The molecule has 0 aliphatic heterocycles. The van der Waals surface area contributed by atoms with Crippen LogP contribution in [0.4, 0.5) is 0 Å². The standard InChI is InChI=1S/C28H31NO/c1-4-6-19-29-27(22-15-11-8-12-16-22)26(21-13-9-7-10-14-21)25-18-17-24(20(3)30)23(5-2)28(25)29/h4-5,8,11-12,15-18,21H,1-2,6-7,9-10,13-14,19H2,3H3. The molecule has 154 valence electrons. The van der Waals surface area contributed by atoms with Gasteiger partial charge in [-0.15, -0.1) is 6.58 Å². The number of carbonyl (C=O) groups excluding carboxylic acids is 1. The van der Waals surface area contributed by atoms with Gasteiger partial charge in [0.1, 0.15) is 0 Å². The number of hydrogen-bond donors (Lipinski definition) is 0. The van der Waals surface area contributed by atoms with Crippen molar-refractivity contribution in [3.63, 3.8) is 0 Å². The first-order valence-corrected chi connectivity index (χ1v) is 11.2. The molecule has 1 aliphatic carbocycles. The minimum Gasteiger partial charge on any atom is -0.339 e. The Hall–Kier alpha value is -2.87. The number of carbonyl (C=O) groups is 1. The second-order valence-electron chi connectivity index (χ2n) is 8.38. The third kappa shape index (κ3) is 3.56. The highest BCUT2D eigenvalue weighted by molar-refractivity contribution is 6.06. The van der Waals surface area contributed by atoms with Gasteiger partial charge in [-0.3, -0.25) is 4.79 Å². The fourth-order valence-electron chi connectivity index (χ4n) is 5.17. The lowest BCUT2D eigenvalue weighted by Gasteiger charge is -2.23. The van der Waals surface area contributed by atoms with Crippen LogP contribution < -0.4 is 0 Å². The Morgan fingerprint density at radius 1 is 1.07 bits per heavy atom. The highest BCUT2D eigenvalue weighted by Crippen LogP contribution is 2.45. The van der Waals surface area contributed by atoms with E-state index in [1.807, 2.05) is 18.2 Å². The minimum absolute atomic E-state index is 0.0868. The van der Waals surface area contributed by atoms with Gasteiger partial charge in [0.25, 0.3) is 0 Å². The van der Waals surface area contributed by atoms with E-state index in [-0.39, 0.29) is 5.78 Å². The van der Waals surface area contributed by atoms with E-state index in [1.54, 1.807) is 6.92 Å². The molecule has 1 heterocycles. The highest BCUT2D eigenvalue weighted by Gasteiger charge is 2.28. The van der Waals surface area contributed by atoms with Gasteiger partial charge in [0.05, 0.1) is 11.2 Å².